The van der Waals surface area contributed by atoms with Crippen LogP contribution in [0.5, 0.6) is 0 Å². The van der Waals surface area contributed by atoms with Gasteiger partial charge in [0.05, 0.1) is 11.6 Å². The van der Waals surface area contributed by atoms with Crippen LogP contribution in [0.1, 0.15) is 6.92 Å². The van der Waals surface area contributed by atoms with Crippen LogP contribution in [0.4, 0.5) is 5.69 Å². The standard InChI is InChI=1S/C13H14N4O2/c1-8(12(14)17-19)13(18)16-11-4-2-3-9-5-6-15-7-10(9)11/h2-8,19H,1H3,(H2,14,17)(H,16,18). The number of nitrogens with one attached hydrogen (secondary N) is 1. The number of carbonyl (C=O) groups excluding carboxylic acids is 1. The first-order chi connectivity index (χ1) is 9.13. The van der Waals surface area contributed by atoms with E-state index in [1.807, 2.05) is 18.2 Å². The molecule has 0 fully saturated rings. The molecule has 2 rings (SSSR count). The minimum atomic E-state index is -0.711. The Morgan fingerprint density at radius 3 is 3.00 bits per heavy atom. The Hall–Kier alpha value is -2.63. The van der Waals surface area contributed by atoms with E-state index in [1.165, 1.54) is 0 Å². The van der Waals surface area contributed by atoms with Gasteiger partial charge in [0.25, 0.3) is 0 Å². The summed E-state index contributed by atoms with van der Waals surface area (Å²) in [6, 6.07) is 7.41. The number of hydrogen-bond acceptors (Lipinski definition) is 4. The Morgan fingerprint density at radius 1 is 1.47 bits per heavy atom. The summed E-state index contributed by atoms with van der Waals surface area (Å²) < 4.78 is 0. The predicted molar refractivity (Wildman–Crippen MR) is 72.9 cm³/mol. The molecule has 1 aromatic carbocycles. The molecule has 2 aromatic rings. The zero-order chi connectivity index (χ0) is 13.8. The molecule has 0 aliphatic carbocycles. The molecule has 0 saturated heterocycles. The number of oxime groups is 1. The lowest BCUT2D eigenvalue weighted by molar-refractivity contribution is -0.117. The van der Waals surface area contributed by atoms with E-state index in [0.29, 0.717) is 5.69 Å². The van der Waals surface area contributed by atoms with Crippen LogP contribution in [0.2, 0.25) is 0 Å². The first kappa shape index (κ1) is 12.8. The van der Waals surface area contributed by atoms with Crippen LogP contribution in [0.25, 0.3) is 10.8 Å². The molecule has 0 aliphatic rings. The van der Waals surface area contributed by atoms with Crippen LogP contribution in [-0.4, -0.2) is 21.9 Å². The fourth-order valence-electron chi connectivity index (χ4n) is 1.68. The van der Waals surface area contributed by atoms with E-state index in [4.69, 9.17) is 10.9 Å². The number of aromatic nitrogens is 1. The van der Waals surface area contributed by atoms with Crippen LogP contribution in [-0.2, 0) is 4.79 Å². The third-order valence-corrected chi connectivity index (χ3v) is 2.89. The largest absolute Gasteiger partial charge is 0.409 e. The van der Waals surface area contributed by atoms with E-state index in [2.05, 4.69) is 15.5 Å². The third kappa shape index (κ3) is 2.62. The molecule has 0 radical (unpaired) electrons. The molecule has 0 aliphatic heterocycles. The van der Waals surface area contributed by atoms with Gasteiger partial charge in [0.1, 0.15) is 0 Å². The van der Waals surface area contributed by atoms with Gasteiger partial charge < -0.3 is 16.3 Å². The Balaban J connectivity index is 2.29. The first-order valence-electron chi connectivity index (χ1n) is 5.74. The van der Waals surface area contributed by atoms with Crippen molar-refractivity contribution in [1.82, 2.24) is 4.98 Å². The highest BCUT2D eigenvalue weighted by Gasteiger charge is 2.18. The van der Waals surface area contributed by atoms with Crippen molar-refractivity contribution in [3.8, 4) is 0 Å². The maximum Gasteiger partial charge on any atom is 0.234 e. The summed E-state index contributed by atoms with van der Waals surface area (Å²) in [7, 11) is 0. The fourth-order valence-corrected chi connectivity index (χ4v) is 1.68. The van der Waals surface area contributed by atoms with Gasteiger partial charge in [0.15, 0.2) is 5.84 Å². The lowest BCUT2D eigenvalue weighted by Gasteiger charge is -2.12. The highest BCUT2D eigenvalue weighted by Crippen LogP contribution is 2.22. The van der Waals surface area contributed by atoms with Gasteiger partial charge in [0.2, 0.25) is 5.91 Å². The number of anilines is 1. The van der Waals surface area contributed by atoms with E-state index in [-0.39, 0.29) is 11.7 Å². The second kappa shape index (κ2) is 5.34. The summed E-state index contributed by atoms with van der Waals surface area (Å²) in [5.74, 6) is -1.18. The number of fused-ring (bicyclic) bond motifs is 1. The summed E-state index contributed by atoms with van der Waals surface area (Å²) in [6.45, 7) is 1.56. The summed E-state index contributed by atoms with van der Waals surface area (Å²) in [6.07, 6.45) is 3.37. The van der Waals surface area contributed by atoms with Crippen molar-refractivity contribution < 1.29 is 10.0 Å². The van der Waals surface area contributed by atoms with E-state index in [0.717, 1.165) is 10.8 Å². The SMILES string of the molecule is CC(C(=O)Nc1cccc2ccncc12)C(N)=NO. The molecule has 1 aromatic heterocycles. The number of pyridine rings is 1. The molecule has 0 bridgehead atoms. The molecule has 1 unspecified atom stereocenters. The zero-order valence-electron chi connectivity index (χ0n) is 10.4. The van der Waals surface area contributed by atoms with Crippen molar-refractivity contribution in [2.75, 3.05) is 5.32 Å². The maximum absolute atomic E-state index is 12.0. The highest BCUT2D eigenvalue weighted by molar-refractivity contribution is 6.10. The summed E-state index contributed by atoms with van der Waals surface area (Å²) in [5.41, 5.74) is 6.06. The monoisotopic (exact) mass is 258 g/mol. The normalized spacial score (nSPS) is 13.2. The number of nitrogens with zero attached hydrogens (tertiary/aromatic N) is 2. The number of benzene rings is 1. The molecule has 6 nitrogen and oxygen atoms in total. The smallest absolute Gasteiger partial charge is 0.234 e. The molecule has 1 atom stereocenters. The predicted octanol–water partition coefficient (Wildman–Crippen LogP) is 1.56. The Labute approximate surface area is 109 Å². The van der Waals surface area contributed by atoms with Crippen LogP contribution in [0.3, 0.4) is 0 Å². The van der Waals surface area contributed by atoms with Gasteiger partial charge in [-0.2, -0.15) is 0 Å². The third-order valence-electron chi connectivity index (χ3n) is 2.89. The Bertz CT molecular complexity index is 634. The molecule has 98 valence electrons. The molecular formula is C13H14N4O2. The number of hydrogen-bond donors (Lipinski definition) is 3. The minimum absolute atomic E-state index is 0.129. The summed E-state index contributed by atoms with van der Waals surface area (Å²) in [4.78, 5) is 16.0. The van der Waals surface area contributed by atoms with Crippen LogP contribution >= 0.6 is 0 Å². The quantitative estimate of drug-likeness (QED) is 0.336. The van der Waals surface area contributed by atoms with E-state index >= 15 is 0 Å². The number of rotatable bonds is 3. The molecular weight excluding hydrogens is 244 g/mol. The van der Waals surface area contributed by atoms with Crippen molar-refractivity contribution in [1.29, 1.82) is 0 Å². The molecule has 1 amide bonds. The van der Waals surface area contributed by atoms with Crippen LogP contribution in [0.15, 0.2) is 41.8 Å². The fraction of sp³-hybridized carbons (Fsp3) is 0.154. The summed E-state index contributed by atoms with van der Waals surface area (Å²) >= 11 is 0. The number of carbonyl (C=O) groups is 1. The Morgan fingerprint density at radius 2 is 2.26 bits per heavy atom. The summed E-state index contributed by atoms with van der Waals surface area (Å²) in [5, 5.41) is 16.0. The maximum atomic E-state index is 12.0. The minimum Gasteiger partial charge on any atom is -0.409 e. The topological polar surface area (TPSA) is 101 Å². The lowest BCUT2D eigenvalue weighted by atomic mass is 10.1. The molecule has 4 N–H and O–H groups in total. The Kier molecular flexibility index (Phi) is 3.61. The van der Waals surface area contributed by atoms with Crippen LogP contribution < -0.4 is 11.1 Å². The second-order valence-corrected chi connectivity index (χ2v) is 4.14. The highest BCUT2D eigenvalue weighted by atomic mass is 16.4. The lowest BCUT2D eigenvalue weighted by Crippen LogP contribution is -2.32. The molecule has 0 spiro atoms. The van der Waals surface area contributed by atoms with Crippen LogP contribution in [0, 0.1) is 5.92 Å². The van der Waals surface area contributed by atoms with E-state index in [1.54, 1.807) is 25.4 Å². The van der Waals surface area contributed by atoms with Crippen molar-refractivity contribution >= 4 is 28.2 Å². The van der Waals surface area contributed by atoms with Gasteiger partial charge in [-0.1, -0.05) is 17.3 Å². The van der Waals surface area contributed by atoms with Gasteiger partial charge in [-0.05, 0) is 24.4 Å². The first-order valence-corrected chi connectivity index (χ1v) is 5.74. The van der Waals surface area contributed by atoms with Gasteiger partial charge >= 0.3 is 0 Å². The van der Waals surface area contributed by atoms with Gasteiger partial charge in [0, 0.05) is 17.8 Å². The van der Waals surface area contributed by atoms with Gasteiger partial charge in [-0.3, -0.25) is 9.78 Å². The average Bonchev–Trinajstić information content (AvgIpc) is 2.46. The number of amides is 1. The zero-order valence-corrected chi connectivity index (χ0v) is 10.4. The van der Waals surface area contributed by atoms with E-state index < -0.39 is 5.92 Å². The number of amidine groups is 1. The second-order valence-electron chi connectivity index (χ2n) is 4.14. The van der Waals surface area contributed by atoms with Crippen molar-refractivity contribution in [3.05, 3.63) is 36.7 Å². The molecule has 1 heterocycles. The number of nitrogens with two attached hydrogens (primary N) is 1. The molecule has 19 heavy (non-hydrogen) atoms. The van der Waals surface area contributed by atoms with Crippen molar-refractivity contribution in [2.24, 2.45) is 16.8 Å². The van der Waals surface area contributed by atoms with E-state index in [9.17, 15) is 4.79 Å². The molecule has 0 saturated carbocycles. The van der Waals surface area contributed by atoms with Crippen molar-refractivity contribution in [2.45, 2.75) is 6.92 Å². The molecule has 6 heteroatoms. The van der Waals surface area contributed by atoms with Gasteiger partial charge in [-0.15, -0.1) is 0 Å². The van der Waals surface area contributed by atoms with Gasteiger partial charge in [-0.25, -0.2) is 0 Å². The van der Waals surface area contributed by atoms with Crippen molar-refractivity contribution in [3.63, 3.8) is 0 Å². The average molecular weight is 258 g/mol.